The maximum Gasteiger partial charge on any atom is 0.0640 e. The van der Waals surface area contributed by atoms with Crippen molar-refractivity contribution in [2.75, 3.05) is 4.90 Å². The molecule has 0 saturated carbocycles. The second kappa shape index (κ2) is 14.7. The van der Waals surface area contributed by atoms with Crippen molar-refractivity contribution in [2.24, 2.45) is 0 Å². The van der Waals surface area contributed by atoms with Crippen LogP contribution in [0.4, 0.5) is 17.1 Å². The van der Waals surface area contributed by atoms with Crippen molar-refractivity contribution in [1.29, 1.82) is 0 Å². The minimum absolute atomic E-state index is 1.11. The van der Waals surface area contributed by atoms with E-state index in [2.05, 4.69) is 229 Å². The van der Waals surface area contributed by atoms with E-state index in [1.54, 1.807) is 0 Å². The van der Waals surface area contributed by atoms with Crippen LogP contribution in [0.1, 0.15) is 0 Å². The fourth-order valence-electron chi connectivity index (χ4n) is 7.96. The van der Waals surface area contributed by atoms with Gasteiger partial charge in [-0.05, 0) is 92.5 Å². The van der Waals surface area contributed by atoms with Gasteiger partial charge in [0.15, 0.2) is 0 Å². The fraction of sp³-hybridized carbons (Fsp3) is 0. The fourth-order valence-corrected chi connectivity index (χ4v) is 9.17. The third-order valence-electron chi connectivity index (χ3n) is 10.7. The van der Waals surface area contributed by atoms with E-state index in [0.29, 0.717) is 0 Å². The van der Waals surface area contributed by atoms with Crippen LogP contribution in [0.25, 0.3) is 75.8 Å². The molecule has 0 aliphatic carbocycles. The molecular formula is C54H37NS. The van der Waals surface area contributed by atoms with E-state index >= 15 is 0 Å². The van der Waals surface area contributed by atoms with Crippen LogP contribution in [-0.2, 0) is 0 Å². The SMILES string of the molecule is c1ccc(-c2ccc(N(c3ccc(-c4ccc(-c5ccccc5)cc4-c4ccccc4)cc3-c3ccccc3)c3cccc4c3sc3ccccc34)cc2)cc1. The Kier molecular flexibility index (Phi) is 8.79. The molecule has 0 radical (unpaired) electrons. The van der Waals surface area contributed by atoms with E-state index in [9.17, 15) is 0 Å². The number of rotatable bonds is 8. The summed E-state index contributed by atoms with van der Waals surface area (Å²) in [4.78, 5) is 2.47. The standard InChI is InChI=1S/C54H37NS/c1-5-16-38(17-6-1)40-28-32-45(33-29-40)55(52-26-15-25-48-47-24-13-14-27-53(47)56-54(48)52)51-35-31-44(37-50(51)42-22-11-4-12-23-42)46-34-30-43(39-18-7-2-8-19-39)36-49(46)41-20-9-3-10-21-41/h1-37H. The molecule has 0 saturated heterocycles. The third-order valence-corrected chi connectivity index (χ3v) is 11.9. The van der Waals surface area contributed by atoms with E-state index in [0.717, 1.165) is 11.4 Å². The minimum Gasteiger partial charge on any atom is -0.308 e. The predicted octanol–water partition coefficient (Wildman–Crippen LogP) is 15.9. The first-order valence-electron chi connectivity index (χ1n) is 19.1. The summed E-state index contributed by atoms with van der Waals surface area (Å²) >= 11 is 1.87. The molecule has 0 spiro atoms. The molecule has 10 rings (SSSR count). The van der Waals surface area contributed by atoms with Crippen molar-refractivity contribution in [1.82, 2.24) is 0 Å². The average Bonchev–Trinajstić information content (AvgIpc) is 3.67. The first-order chi connectivity index (χ1) is 27.8. The van der Waals surface area contributed by atoms with Gasteiger partial charge in [-0.25, -0.2) is 0 Å². The van der Waals surface area contributed by atoms with Crippen molar-refractivity contribution < 1.29 is 0 Å². The summed E-state index contributed by atoms with van der Waals surface area (Å²) < 4.78 is 2.56. The number of nitrogens with zero attached hydrogens (tertiary/aromatic N) is 1. The van der Waals surface area contributed by atoms with Gasteiger partial charge in [0.2, 0.25) is 0 Å². The van der Waals surface area contributed by atoms with Gasteiger partial charge in [-0.1, -0.05) is 182 Å². The molecule has 264 valence electrons. The van der Waals surface area contributed by atoms with E-state index in [4.69, 9.17) is 0 Å². The summed E-state index contributed by atoms with van der Waals surface area (Å²) in [6.45, 7) is 0. The molecule has 0 N–H and O–H groups in total. The zero-order valence-electron chi connectivity index (χ0n) is 30.7. The number of hydrogen-bond acceptors (Lipinski definition) is 2. The Morgan fingerprint density at radius 3 is 1.46 bits per heavy atom. The predicted molar refractivity (Wildman–Crippen MR) is 241 cm³/mol. The molecule has 0 fully saturated rings. The highest BCUT2D eigenvalue weighted by Gasteiger charge is 2.22. The first-order valence-corrected chi connectivity index (χ1v) is 19.9. The Labute approximate surface area is 332 Å². The minimum atomic E-state index is 1.11. The van der Waals surface area contributed by atoms with Gasteiger partial charge in [-0.3, -0.25) is 0 Å². The van der Waals surface area contributed by atoms with Crippen LogP contribution in [0, 0.1) is 0 Å². The molecule has 10 aromatic rings. The zero-order chi connectivity index (χ0) is 37.3. The Balaban J connectivity index is 1.20. The summed E-state index contributed by atoms with van der Waals surface area (Å²) in [7, 11) is 0. The van der Waals surface area contributed by atoms with Gasteiger partial charge < -0.3 is 4.90 Å². The normalized spacial score (nSPS) is 11.2. The molecule has 56 heavy (non-hydrogen) atoms. The highest BCUT2D eigenvalue weighted by Crippen LogP contribution is 2.48. The van der Waals surface area contributed by atoms with Crippen LogP contribution in [0.5, 0.6) is 0 Å². The van der Waals surface area contributed by atoms with Gasteiger partial charge in [0.05, 0.1) is 16.1 Å². The Morgan fingerprint density at radius 2 is 0.786 bits per heavy atom. The van der Waals surface area contributed by atoms with Crippen molar-refractivity contribution in [3.8, 4) is 55.6 Å². The Hall–Kier alpha value is -7.00. The maximum absolute atomic E-state index is 2.47. The van der Waals surface area contributed by atoms with Crippen molar-refractivity contribution in [2.45, 2.75) is 0 Å². The molecule has 1 aromatic heterocycles. The summed E-state index contributed by atoms with van der Waals surface area (Å²) in [5.74, 6) is 0. The lowest BCUT2D eigenvalue weighted by atomic mass is 9.89. The molecular weight excluding hydrogens is 695 g/mol. The third kappa shape index (κ3) is 6.26. The van der Waals surface area contributed by atoms with Crippen LogP contribution in [-0.4, -0.2) is 0 Å². The van der Waals surface area contributed by atoms with Crippen LogP contribution >= 0.6 is 11.3 Å². The van der Waals surface area contributed by atoms with E-state index in [1.807, 2.05) is 11.3 Å². The molecule has 0 aliphatic heterocycles. The van der Waals surface area contributed by atoms with Crippen molar-refractivity contribution >= 4 is 48.6 Å². The summed E-state index contributed by atoms with van der Waals surface area (Å²) in [5, 5.41) is 2.57. The number of hydrogen-bond donors (Lipinski definition) is 0. The highest BCUT2D eigenvalue weighted by atomic mass is 32.1. The van der Waals surface area contributed by atoms with Gasteiger partial charge in [0, 0.05) is 26.7 Å². The second-order valence-corrected chi connectivity index (χ2v) is 15.1. The molecule has 1 heterocycles. The molecule has 2 heteroatoms. The smallest absolute Gasteiger partial charge is 0.0640 e. The maximum atomic E-state index is 2.47. The molecule has 0 atom stereocenters. The van der Waals surface area contributed by atoms with Gasteiger partial charge in [0.25, 0.3) is 0 Å². The van der Waals surface area contributed by atoms with Gasteiger partial charge in [-0.2, -0.15) is 0 Å². The van der Waals surface area contributed by atoms with E-state index in [1.165, 1.54) is 81.5 Å². The zero-order valence-corrected chi connectivity index (χ0v) is 31.5. The largest absolute Gasteiger partial charge is 0.308 e. The van der Waals surface area contributed by atoms with Crippen LogP contribution < -0.4 is 4.90 Å². The lowest BCUT2D eigenvalue weighted by Crippen LogP contribution is -2.11. The Bertz CT molecular complexity index is 2930. The Morgan fingerprint density at radius 1 is 0.286 bits per heavy atom. The summed E-state index contributed by atoms with van der Waals surface area (Å²) in [6.07, 6.45) is 0. The van der Waals surface area contributed by atoms with Gasteiger partial charge >= 0.3 is 0 Å². The topological polar surface area (TPSA) is 3.24 Å². The second-order valence-electron chi connectivity index (χ2n) is 14.1. The van der Waals surface area contributed by atoms with E-state index in [-0.39, 0.29) is 0 Å². The van der Waals surface area contributed by atoms with Crippen LogP contribution in [0.2, 0.25) is 0 Å². The number of thiophene rings is 1. The van der Waals surface area contributed by atoms with Crippen LogP contribution in [0.3, 0.4) is 0 Å². The van der Waals surface area contributed by atoms with Crippen molar-refractivity contribution in [3.63, 3.8) is 0 Å². The molecule has 0 unspecified atom stereocenters. The van der Waals surface area contributed by atoms with Gasteiger partial charge in [0.1, 0.15) is 0 Å². The van der Waals surface area contributed by atoms with E-state index < -0.39 is 0 Å². The number of anilines is 3. The quantitative estimate of drug-likeness (QED) is 0.150. The lowest BCUT2D eigenvalue weighted by molar-refractivity contribution is 1.30. The number of fused-ring (bicyclic) bond motifs is 3. The molecule has 0 aliphatic rings. The first kappa shape index (κ1) is 33.6. The molecule has 0 bridgehead atoms. The van der Waals surface area contributed by atoms with Crippen molar-refractivity contribution in [3.05, 3.63) is 224 Å². The number of benzene rings is 9. The summed E-state index contributed by atoms with van der Waals surface area (Å²) in [5.41, 5.74) is 15.3. The van der Waals surface area contributed by atoms with Gasteiger partial charge in [-0.15, -0.1) is 11.3 Å². The molecule has 1 nitrogen and oxygen atoms in total. The average molecular weight is 732 g/mol. The van der Waals surface area contributed by atoms with Crippen LogP contribution in [0.15, 0.2) is 224 Å². The summed E-state index contributed by atoms with van der Waals surface area (Å²) in [6, 6.07) is 81.4. The lowest BCUT2D eigenvalue weighted by Gasteiger charge is -2.29. The highest BCUT2D eigenvalue weighted by molar-refractivity contribution is 7.26. The monoisotopic (exact) mass is 731 g/mol. The molecule has 9 aromatic carbocycles. The molecule has 0 amide bonds.